The fraction of sp³-hybridized carbons (Fsp3) is 0.444. The highest BCUT2D eigenvalue weighted by molar-refractivity contribution is 7.98. The minimum Gasteiger partial charge on any atom is -0.497 e. The maximum absolute atomic E-state index is 5.68. The van der Waals surface area contributed by atoms with Gasteiger partial charge in [-0.1, -0.05) is 11.8 Å². The molecule has 1 aliphatic rings. The van der Waals surface area contributed by atoms with Crippen LogP contribution in [-0.4, -0.2) is 52.1 Å². The Labute approximate surface area is 171 Å². The van der Waals surface area contributed by atoms with Crippen LogP contribution in [-0.2, 0) is 17.0 Å². The second-order valence-electron chi connectivity index (χ2n) is 6.28. The number of rotatable bonds is 8. The van der Waals surface area contributed by atoms with Crippen LogP contribution in [0.25, 0.3) is 10.6 Å². The summed E-state index contributed by atoms with van der Waals surface area (Å²) in [4.78, 5) is 4.75. The van der Waals surface area contributed by atoms with E-state index in [0.29, 0.717) is 12.3 Å². The van der Waals surface area contributed by atoms with E-state index in [1.54, 1.807) is 37.3 Å². The zero-order valence-corrected chi connectivity index (χ0v) is 17.3. The van der Waals surface area contributed by atoms with E-state index in [-0.39, 0.29) is 6.10 Å². The summed E-state index contributed by atoms with van der Waals surface area (Å²) in [5, 5.41) is 15.8. The zero-order chi connectivity index (χ0) is 19.3. The molecule has 0 saturated carbocycles. The molecule has 8 nitrogen and oxygen atoms in total. The molecule has 28 heavy (non-hydrogen) atoms. The molecule has 2 aromatic heterocycles. The highest BCUT2D eigenvalue weighted by Gasteiger charge is 2.19. The Morgan fingerprint density at radius 1 is 1.32 bits per heavy atom. The largest absolute Gasteiger partial charge is 0.497 e. The third-order valence-corrected chi connectivity index (χ3v) is 6.35. The van der Waals surface area contributed by atoms with Gasteiger partial charge in [0.15, 0.2) is 0 Å². The number of tetrazole rings is 1. The number of hydrogen-bond donors (Lipinski definition) is 0. The predicted octanol–water partition coefficient (Wildman–Crippen LogP) is 3.29. The van der Waals surface area contributed by atoms with Crippen LogP contribution in [0, 0.1) is 0 Å². The molecular weight excluding hydrogens is 398 g/mol. The number of nitrogens with zero attached hydrogens (tertiary/aromatic N) is 5. The summed E-state index contributed by atoms with van der Waals surface area (Å²) >= 11 is 3.17. The van der Waals surface area contributed by atoms with Crippen LogP contribution in [0.4, 0.5) is 0 Å². The van der Waals surface area contributed by atoms with Gasteiger partial charge in [0.1, 0.15) is 16.5 Å². The molecule has 0 spiro atoms. The van der Waals surface area contributed by atoms with E-state index in [1.165, 1.54) is 0 Å². The molecule has 1 aliphatic heterocycles. The standard InChI is InChI=1S/C18H21N5O3S2/c1-24-13-5-6-15(16(8-13)25-2)17-19-12(10-27-17)11-28-18-20-21-22-23(18)9-14-4-3-7-26-14/h5-6,8,10,14H,3-4,7,9,11H2,1-2H3. The van der Waals surface area contributed by atoms with E-state index in [2.05, 4.69) is 20.9 Å². The Bertz CT molecular complexity index is 924. The quantitative estimate of drug-likeness (QED) is 0.514. The highest BCUT2D eigenvalue weighted by atomic mass is 32.2. The molecule has 1 saturated heterocycles. The van der Waals surface area contributed by atoms with Gasteiger partial charge in [-0.2, -0.15) is 0 Å². The number of hydrogen-bond acceptors (Lipinski definition) is 9. The van der Waals surface area contributed by atoms with E-state index < -0.39 is 0 Å². The van der Waals surface area contributed by atoms with Crippen molar-refractivity contribution in [3.63, 3.8) is 0 Å². The average molecular weight is 420 g/mol. The molecular formula is C18H21N5O3S2. The summed E-state index contributed by atoms with van der Waals surface area (Å²) in [7, 11) is 3.29. The normalized spacial score (nSPS) is 16.4. The summed E-state index contributed by atoms with van der Waals surface area (Å²) in [6, 6.07) is 5.74. The van der Waals surface area contributed by atoms with Crippen molar-refractivity contribution in [3.05, 3.63) is 29.3 Å². The Morgan fingerprint density at radius 2 is 2.25 bits per heavy atom. The van der Waals surface area contributed by atoms with Crippen LogP contribution in [0.1, 0.15) is 18.5 Å². The maximum Gasteiger partial charge on any atom is 0.209 e. The number of methoxy groups -OCH3 is 2. The van der Waals surface area contributed by atoms with Gasteiger partial charge in [0.05, 0.1) is 38.1 Å². The van der Waals surface area contributed by atoms with Crippen molar-refractivity contribution < 1.29 is 14.2 Å². The lowest BCUT2D eigenvalue weighted by molar-refractivity contribution is 0.0912. The molecule has 1 unspecified atom stereocenters. The fourth-order valence-electron chi connectivity index (χ4n) is 3.01. The molecule has 10 heteroatoms. The molecule has 0 aliphatic carbocycles. The Kier molecular flexibility index (Phi) is 6.08. The van der Waals surface area contributed by atoms with Crippen LogP contribution in [0.3, 0.4) is 0 Å². The van der Waals surface area contributed by atoms with Crippen LogP contribution >= 0.6 is 23.1 Å². The topological polar surface area (TPSA) is 84.2 Å². The van der Waals surface area contributed by atoms with Crippen molar-refractivity contribution in [2.75, 3.05) is 20.8 Å². The van der Waals surface area contributed by atoms with Gasteiger partial charge < -0.3 is 14.2 Å². The van der Waals surface area contributed by atoms with Crippen molar-refractivity contribution in [2.45, 2.75) is 36.4 Å². The first kappa shape index (κ1) is 19.2. The van der Waals surface area contributed by atoms with Gasteiger partial charge in [-0.05, 0) is 35.4 Å². The van der Waals surface area contributed by atoms with E-state index >= 15 is 0 Å². The molecule has 0 N–H and O–H groups in total. The van der Waals surface area contributed by atoms with Gasteiger partial charge in [0.2, 0.25) is 5.16 Å². The first-order chi connectivity index (χ1) is 13.8. The minimum atomic E-state index is 0.205. The monoisotopic (exact) mass is 419 g/mol. The lowest BCUT2D eigenvalue weighted by Gasteiger charge is -2.09. The van der Waals surface area contributed by atoms with E-state index in [9.17, 15) is 0 Å². The van der Waals surface area contributed by atoms with E-state index in [0.717, 1.165) is 52.4 Å². The van der Waals surface area contributed by atoms with E-state index in [4.69, 9.17) is 19.2 Å². The maximum atomic E-state index is 5.68. The Hall–Kier alpha value is -2.17. The molecule has 0 bridgehead atoms. The van der Waals surface area contributed by atoms with Gasteiger partial charge in [0, 0.05) is 23.8 Å². The van der Waals surface area contributed by atoms with Crippen LogP contribution in [0.2, 0.25) is 0 Å². The Balaban J connectivity index is 1.43. The summed E-state index contributed by atoms with van der Waals surface area (Å²) in [6.07, 6.45) is 2.37. The van der Waals surface area contributed by atoms with Crippen molar-refractivity contribution in [1.82, 2.24) is 25.2 Å². The van der Waals surface area contributed by atoms with Gasteiger partial charge in [0.25, 0.3) is 0 Å². The summed E-state index contributed by atoms with van der Waals surface area (Å²) in [6.45, 7) is 1.52. The van der Waals surface area contributed by atoms with Crippen LogP contribution in [0.15, 0.2) is 28.7 Å². The van der Waals surface area contributed by atoms with Crippen molar-refractivity contribution in [1.29, 1.82) is 0 Å². The average Bonchev–Trinajstić information content (AvgIpc) is 3.48. The molecule has 148 valence electrons. The SMILES string of the molecule is COc1ccc(-c2nc(CSc3nnnn3CC3CCCO3)cs2)c(OC)c1. The molecule has 1 aromatic carbocycles. The third kappa shape index (κ3) is 4.29. The Morgan fingerprint density at radius 3 is 3.04 bits per heavy atom. The number of thiazole rings is 1. The van der Waals surface area contributed by atoms with E-state index in [1.807, 2.05) is 22.9 Å². The third-order valence-electron chi connectivity index (χ3n) is 4.44. The zero-order valence-electron chi connectivity index (χ0n) is 15.7. The van der Waals surface area contributed by atoms with Gasteiger partial charge in [-0.3, -0.25) is 0 Å². The highest BCUT2D eigenvalue weighted by Crippen LogP contribution is 2.35. The number of thioether (sulfide) groups is 1. The molecule has 1 atom stereocenters. The first-order valence-electron chi connectivity index (χ1n) is 8.94. The molecule has 0 amide bonds. The fourth-order valence-corrected chi connectivity index (χ4v) is 4.74. The smallest absolute Gasteiger partial charge is 0.209 e. The molecule has 3 aromatic rings. The summed E-state index contributed by atoms with van der Waals surface area (Å²) in [5.74, 6) is 2.19. The van der Waals surface area contributed by atoms with Crippen molar-refractivity contribution in [3.8, 4) is 22.1 Å². The predicted molar refractivity (Wildman–Crippen MR) is 107 cm³/mol. The van der Waals surface area contributed by atoms with Gasteiger partial charge >= 0.3 is 0 Å². The first-order valence-corrected chi connectivity index (χ1v) is 10.8. The number of aromatic nitrogens is 5. The van der Waals surface area contributed by atoms with Gasteiger partial charge in [-0.25, -0.2) is 9.67 Å². The summed E-state index contributed by atoms with van der Waals surface area (Å²) < 4.78 is 18.2. The van der Waals surface area contributed by atoms with Crippen LogP contribution < -0.4 is 9.47 Å². The lowest BCUT2D eigenvalue weighted by atomic mass is 10.2. The number of benzene rings is 1. The molecule has 4 rings (SSSR count). The lowest BCUT2D eigenvalue weighted by Crippen LogP contribution is -2.16. The molecule has 1 fully saturated rings. The summed E-state index contributed by atoms with van der Waals surface area (Å²) in [5.41, 5.74) is 1.93. The molecule has 3 heterocycles. The second kappa shape index (κ2) is 8.89. The minimum absolute atomic E-state index is 0.205. The molecule has 0 radical (unpaired) electrons. The van der Waals surface area contributed by atoms with Crippen LogP contribution in [0.5, 0.6) is 11.5 Å². The van der Waals surface area contributed by atoms with Crippen molar-refractivity contribution >= 4 is 23.1 Å². The second-order valence-corrected chi connectivity index (χ2v) is 8.08. The van der Waals surface area contributed by atoms with Crippen molar-refractivity contribution in [2.24, 2.45) is 0 Å². The van der Waals surface area contributed by atoms with Gasteiger partial charge in [-0.15, -0.1) is 16.4 Å². The number of ether oxygens (including phenoxy) is 3.